The van der Waals surface area contributed by atoms with Crippen LogP contribution in [0.15, 0.2) is 30.3 Å². The molecule has 0 amide bonds. The van der Waals surface area contributed by atoms with Gasteiger partial charge in [-0.3, -0.25) is 4.90 Å². The molecule has 3 heteroatoms. The zero-order chi connectivity index (χ0) is 14.7. The smallest absolute Gasteiger partial charge is 0.0474 e. The fraction of sp³-hybridized carbons (Fsp3) is 0.667. The molecule has 0 bridgehead atoms. The summed E-state index contributed by atoms with van der Waals surface area (Å²) in [5.41, 5.74) is 1.66. The van der Waals surface area contributed by atoms with Crippen LogP contribution in [0.5, 0.6) is 0 Å². The summed E-state index contributed by atoms with van der Waals surface area (Å²) in [5, 5.41) is 3.71. The van der Waals surface area contributed by atoms with Crippen molar-refractivity contribution in [3.8, 4) is 0 Å². The lowest BCUT2D eigenvalue weighted by Gasteiger charge is -2.45. The summed E-state index contributed by atoms with van der Waals surface area (Å²) in [4.78, 5) is 5.31. The summed E-state index contributed by atoms with van der Waals surface area (Å²) >= 11 is 0. The lowest BCUT2D eigenvalue weighted by Crippen LogP contribution is -2.59. The summed E-state index contributed by atoms with van der Waals surface area (Å²) in [6.45, 7) is 11.8. The number of nitrogens with zero attached hydrogens (tertiary/aromatic N) is 2. The van der Waals surface area contributed by atoms with Gasteiger partial charge in [-0.1, -0.05) is 30.3 Å². The number of hydrogen-bond donors (Lipinski definition) is 1. The first-order chi connectivity index (χ1) is 10.1. The molecule has 0 aromatic heterocycles. The largest absolute Gasteiger partial charge is 0.309 e. The number of rotatable bonds is 4. The van der Waals surface area contributed by atoms with Crippen LogP contribution in [-0.2, 0) is 0 Å². The van der Waals surface area contributed by atoms with Gasteiger partial charge in [0.25, 0.3) is 0 Å². The molecule has 3 nitrogen and oxygen atoms in total. The van der Waals surface area contributed by atoms with E-state index in [4.69, 9.17) is 0 Å². The van der Waals surface area contributed by atoms with E-state index in [9.17, 15) is 0 Å². The van der Waals surface area contributed by atoms with E-state index in [0.717, 1.165) is 13.1 Å². The van der Waals surface area contributed by atoms with Crippen LogP contribution in [0.2, 0.25) is 0 Å². The molecule has 116 valence electrons. The Labute approximate surface area is 129 Å². The standard InChI is InChI=1S/C18H29N3/c1-18(2)15-21(13-12-20-10-6-7-11-20)17(14-19-18)16-8-4-3-5-9-16/h3-5,8-9,17,19H,6-7,10-15H2,1-2H3. The minimum absolute atomic E-state index is 0.219. The summed E-state index contributed by atoms with van der Waals surface area (Å²) in [7, 11) is 0. The number of hydrogen-bond acceptors (Lipinski definition) is 3. The number of piperazine rings is 1. The minimum Gasteiger partial charge on any atom is -0.309 e. The van der Waals surface area contributed by atoms with Crippen LogP contribution in [0.1, 0.15) is 38.3 Å². The van der Waals surface area contributed by atoms with Gasteiger partial charge in [0.1, 0.15) is 0 Å². The van der Waals surface area contributed by atoms with Crippen LogP contribution in [0.3, 0.4) is 0 Å². The van der Waals surface area contributed by atoms with Crippen molar-refractivity contribution >= 4 is 0 Å². The molecule has 0 radical (unpaired) electrons. The van der Waals surface area contributed by atoms with E-state index in [0.29, 0.717) is 6.04 Å². The van der Waals surface area contributed by atoms with E-state index < -0.39 is 0 Å². The lowest BCUT2D eigenvalue weighted by atomic mass is 9.95. The maximum atomic E-state index is 3.71. The Morgan fingerprint density at radius 3 is 2.52 bits per heavy atom. The van der Waals surface area contributed by atoms with Crippen LogP contribution in [0, 0.1) is 0 Å². The number of benzene rings is 1. The Bertz CT molecular complexity index is 437. The van der Waals surface area contributed by atoms with Crippen molar-refractivity contribution in [2.75, 3.05) is 39.3 Å². The maximum absolute atomic E-state index is 3.71. The number of likely N-dealkylation sites (tertiary alicyclic amines) is 1. The SMILES string of the molecule is CC1(C)CN(CCN2CCCC2)C(c2ccccc2)CN1. The van der Waals surface area contributed by atoms with Gasteiger partial charge in [-0.05, 0) is 45.3 Å². The predicted molar refractivity (Wildman–Crippen MR) is 88.5 cm³/mol. The fourth-order valence-electron chi connectivity index (χ4n) is 3.69. The van der Waals surface area contributed by atoms with Crippen LogP contribution >= 0.6 is 0 Å². The molecule has 2 heterocycles. The Balaban J connectivity index is 1.67. The molecule has 2 aliphatic heterocycles. The molecule has 2 saturated heterocycles. The van der Waals surface area contributed by atoms with Crippen LogP contribution in [0.25, 0.3) is 0 Å². The van der Waals surface area contributed by atoms with E-state index in [1.54, 1.807) is 0 Å². The van der Waals surface area contributed by atoms with Crippen molar-refractivity contribution in [2.45, 2.75) is 38.3 Å². The highest BCUT2D eigenvalue weighted by atomic mass is 15.3. The molecule has 0 aliphatic carbocycles. The first kappa shape index (κ1) is 15.0. The molecule has 21 heavy (non-hydrogen) atoms. The average Bonchev–Trinajstić information content (AvgIpc) is 2.98. The van der Waals surface area contributed by atoms with Gasteiger partial charge in [0.15, 0.2) is 0 Å². The molecule has 1 unspecified atom stereocenters. The molecule has 0 spiro atoms. The van der Waals surface area contributed by atoms with E-state index >= 15 is 0 Å². The van der Waals surface area contributed by atoms with Gasteiger partial charge in [-0.25, -0.2) is 0 Å². The quantitative estimate of drug-likeness (QED) is 0.918. The molecule has 3 rings (SSSR count). The third-order valence-electron chi connectivity index (χ3n) is 4.90. The van der Waals surface area contributed by atoms with Crippen molar-refractivity contribution in [2.24, 2.45) is 0 Å². The van der Waals surface area contributed by atoms with E-state index in [-0.39, 0.29) is 5.54 Å². The fourth-order valence-corrected chi connectivity index (χ4v) is 3.69. The molecular weight excluding hydrogens is 258 g/mol. The monoisotopic (exact) mass is 287 g/mol. The van der Waals surface area contributed by atoms with Crippen molar-refractivity contribution < 1.29 is 0 Å². The van der Waals surface area contributed by atoms with E-state index in [1.807, 2.05) is 0 Å². The minimum atomic E-state index is 0.219. The normalized spacial score (nSPS) is 27.0. The zero-order valence-corrected chi connectivity index (χ0v) is 13.5. The third kappa shape index (κ3) is 3.85. The highest BCUT2D eigenvalue weighted by Crippen LogP contribution is 2.26. The molecule has 2 aliphatic rings. The molecule has 2 fully saturated rings. The van der Waals surface area contributed by atoms with Gasteiger partial charge >= 0.3 is 0 Å². The van der Waals surface area contributed by atoms with Gasteiger partial charge in [0.05, 0.1) is 0 Å². The molecule has 1 aromatic carbocycles. The zero-order valence-electron chi connectivity index (χ0n) is 13.5. The molecule has 1 aromatic rings. The Hall–Kier alpha value is -0.900. The topological polar surface area (TPSA) is 18.5 Å². The summed E-state index contributed by atoms with van der Waals surface area (Å²) < 4.78 is 0. The van der Waals surface area contributed by atoms with Crippen molar-refractivity contribution in [3.05, 3.63) is 35.9 Å². The van der Waals surface area contributed by atoms with Crippen molar-refractivity contribution in [1.29, 1.82) is 0 Å². The third-order valence-corrected chi connectivity index (χ3v) is 4.90. The second kappa shape index (κ2) is 6.47. The molecule has 1 N–H and O–H groups in total. The second-order valence-corrected chi connectivity index (χ2v) is 7.21. The van der Waals surface area contributed by atoms with Gasteiger partial charge in [-0.15, -0.1) is 0 Å². The Kier molecular flexibility index (Phi) is 4.63. The highest BCUT2D eigenvalue weighted by molar-refractivity contribution is 5.20. The van der Waals surface area contributed by atoms with Gasteiger partial charge < -0.3 is 10.2 Å². The van der Waals surface area contributed by atoms with Crippen molar-refractivity contribution in [3.63, 3.8) is 0 Å². The molecule has 1 atom stereocenters. The number of nitrogens with one attached hydrogen (secondary N) is 1. The first-order valence-corrected chi connectivity index (χ1v) is 8.40. The van der Waals surface area contributed by atoms with Gasteiger partial charge in [-0.2, -0.15) is 0 Å². The van der Waals surface area contributed by atoms with Crippen LogP contribution in [0.4, 0.5) is 0 Å². The first-order valence-electron chi connectivity index (χ1n) is 8.40. The maximum Gasteiger partial charge on any atom is 0.0474 e. The van der Waals surface area contributed by atoms with Gasteiger partial charge in [0.2, 0.25) is 0 Å². The van der Waals surface area contributed by atoms with Crippen LogP contribution in [-0.4, -0.2) is 54.6 Å². The average molecular weight is 287 g/mol. The summed E-state index contributed by atoms with van der Waals surface area (Å²) in [5.74, 6) is 0. The van der Waals surface area contributed by atoms with Crippen LogP contribution < -0.4 is 5.32 Å². The summed E-state index contributed by atoms with van der Waals surface area (Å²) in [6.07, 6.45) is 2.77. The highest BCUT2D eigenvalue weighted by Gasteiger charge is 2.33. The van der Waals surface area contributed by atoms with Gasteiger partial charge in [0, 0.05) is 37.8 Å². The molecular formula is C18H29N3. The molecule has 0 saturated carbocycles. The van der Waals surface area contributed by atoms with E-state index in [2.05, 4.69) is 59.3 Å². The Morgan fingerprint density at radius 1 is 1.10 bits per heavy atom. The van der Waals surface area contributed by atoms with E-state index in [1.165, 1.54) is 44.6 Å². The van der Waals surface area contributed by atoms with Crippen molar-refractivity contribution in [1.82, 2.24) is 15.1 Å². The Morgan fingerprint density at radius 2 is 1.81 bits per heavy atom. The lowest BCUT2D eigenvalue weighted by molar-refractivity contribution is 0.0852. The second-order valence-electron chi connectivity index (χ2n) is 7.21. The predicted octanol–water partition coefficient (Wildman–Crippen LogP) is 2.51. The summed E-state index contributed by atoms with van der Waals surface area (Å²) in [6, 6.07) is 11.5.